The van der Waals surface area contributed by atoms with Crippen LogP contribution in [0.3, 0.4) is 0 Å². The maximum atomic E-state index is 13.3. The molecule has 1 aliphatic carbocycles. The molecule has 0 unspecified atom stereocenters. The summed E-state index contributed by atoms with van der Waals surface area (Å²) >= 11 is 0. The molecule has 0 heterocycles. The Labute approximate surface area is 116 Å². The SMILES string of the molecule is CCN(CC(C)(C)CNC1CC1)c1cccc(F)c1. The van der Waals surface area contributed by atoms with Crippen LogP contribution in [0.2, 0.25) is 0 Å². The highest BCUT2D eigenvalue weighted by Crippen LogP contribution is 2.25. The number of hydrogen-bond donors (Lipinski definition) is 1. The molecule has 2 nitrogen and oxygen atoms in total. The van der Waals surface area contributed by atoms with Crippen molar-refractivity contribution < 1.29 is 4.39 Å². The zero-order valence-electron chi connectivity index (χ0n) is 12.2. The molecule has 19 heavy (non-hydrogen) atoms. The highest BCUT2D eigenvalue weighted by atomic mass is 19.1. The van der Waals surface area contributed by atoms with E-state index < -0.39 is 0 Å². The van der Waals surface area contributed by atoms with Crippen LogP contribution in [0.5, 0.6) is 0 Å². The molecule has 0 spiro atoms. The number of anilines is 1. The van der Waals surface area contributed by atoms with Crippen LogP contribution in [-0.2, 0) is 0 Å². The van der Waals surface area contributed by atoms with Crippen molar-refractivity contribution in [1.82, 2.24) is 5.32 Å². The van der Waals surface area contributed by atoms with E-state index in [1.165, 1.54) is 18.9 Å². The number of nitrogens with one attached hydrogen (secondary N) is 1. The van der Waals surface area contributed by atoms with Crippen molar-refractivity contribution in [3.8, 4) is 0 Å². The normalized spacial score (nSPS) is 15.6. The van der Waals surface area contributed by atoms with Crippen LogP contribution >= 0.6 is 0 Å². The average Bonchev–Trinajstić information content (AvgIpc) is 3.18. The molecule has 0 aliphatic heterocycles. The lowest BCUT2D eigenvalue weighted by atomic mass is 9.92. The maximum Gasteiger partial charge on any atom is 0.125 e. The Bertz CT molecular complexity index is 413. The van der Waals surface area contributed by atoms with Gasteiger partial charge < -0.3 is 10.2 Å². The number of benzene rings is 1. The molecule has 1 saturated carbocycles. The molecule has 0 aromatic heterocycles. The van der Waals surface area contributed by atoms with Crippen LogP contribution in [0, 0.1) is 11.2 Å². The van der Waals surface area contributed by atoms with E-state index in [4.69, 9.17) is 0 Å². The van der Waals surface area contributed by atoms with Gasteiger partial charge in [-0.15, -0.1) is 0 Å². The first kappa shape index (κ1) is 14.3. The van der Waals surface area contributed by atoms with Gasteiger partial charge in [-0.25, -0.2) is 4.39 Å². The van der Waals surface area contributed by atoms with Crippen LogP contribution in [-0.4, -0.2) is 25.7 Å². The van der Waals surface area contributed by atoms with Crippen LogP contribution in [0.25, 0.3) is 0 Å². The highest BCUT2D eigenvalue weighted by Gasteiger charge is 2.26. The first-order valence-electron chi connectivity index (χ1n) is 7.24. The number of rotatable bonds is 7. The summed E-state index contributed by atoms with van der Waals surface area (Å²) in [4.78, 5) is 2.25. The van der Waals surface area contributed by atoms with Gasteiger partial charge in [-0.2, -0.15) is 0 Å². The first-order valence-corrected chi connectivity index (χ1v) is 7.24. The van der Waals surface area contributed by atoms with Crippen molar-refractivity contribution in [3.05, 3.63) is 30.1 Å². The van der Waals surface area contributed by atoms with Crippen molar-refractivity contribution in [2.24, 2.45) is 5.41 Å². The van der Waals surface area contributed by atoms with Crippen LogP contribution < -0.4 is 10.2 Å². The van der Waals surface area contributed by atoms with Gasteiger partial charge in [-0.1, -0.05) is 19.9 Å². The molecule has 2 rings (SSSR count). The van der Waals surface area contributed by atoms with Crippen molar-refractivity contribution in [2.75, 3.05) is 24.5 Å². The van der Waals surface area contributed by atoms with Gasteiger partial charge >= 0.3 is 0 Å². The molecule has 1 aliphatic rings. The van der Waals surface area contributed by atoms with Gasteiger partial charge in [-0.3, -0.25) is 0 Å². The topological polar surface area (TPSA) is 15.3 Å². The van der Waals surface area contributed by atoms with E-state index in [9.17, 15) is 4.39 Å². The zero-order chi connectivity index (χ0) is 13.9. The summed E-state index contributed by atoms with van der Waals surface area (Å²) < 4.78 is 13.3. The largest absolute Gasteiger partial charge is 0.371 e. The van der Waals surface area contributed by atoms with E-state index in [2.05, 4.69) is 31.0 Å². The van der Waals surface area contributed by atoms with Gasteiger partial charge in [-0.05, 0) is 43.4 Å². The molecule has 1 aromatic rings. The average molecular weight is 264 g/mol. The van der Waals surface area contributed by atoms with Crippen LogP contribution in [0.4, 0.5) is 10.1 Å². The summed E-state index contributed by atoms with van der Waals surface area (Å²) in [5.41, 5.74) is 1.16. The second kappa shape index (κ2) is 5.91. The van der Waals surface area contributed by atoms with E-state index in [-0.39, 0.29) is 11.2 Å². The van der Waals surface area contributed by atoms with Crippen molar-refractivity contribution in [2.45, 2.75) is 39.7 Å². The second-order valence-corrected chi connectivity index (χ2v) is 6.31. The summed E-state index contributed by atoms with van der Waals surface area (Å²) in [6.07, 6.45) is 2.63. The van der Waals surface area contributed by atoms with Gasteiger partial charge in [0, 0.05) is 31.4 Å². The summed E-state index contributed by atoms with van der Waals surface area (Å²) in [5, 5.41) is 3.59. The third-order valence-electron chi connectivity index (χ3n) is 3.62. The fourth-order valence-electron chi connectivity index (χ4n) is 2.34. The Hall–Kier alpha value is -1.09. The van der Waals surface area contributed by atoms with E-state index >= 15 is 0 Å². The van der Waals surface area contributed by atoms with Gasteiger partial charge in [0.1, 0.15) is 5.82 Å². The Morgan fingerprint density at radius 3 is 2.68 bits per heavy atom. The Balaban J connectivity index is 1.96. The predicted octanol–water partition coefficient (Wildman–Crippen LogP) is 3.43. The molecule has 0 bridgehead atoms. The fraction of sp³-hybridized carbons (Fsp3) is 0.625. The lowest BCUT2D eigenvalue weighted by Gasteiger charge is -2.34. The molecule has 0 atom stereocenters. The standard InChI is InChI=1S/C16H25FN2/c1-4-19(15-7-5-6-13(17)10-15)12-16(2,3)11-18-14-8-9-14/h5-7,10,14,18H,4,8-9,11-12H2,1-3H3. The second-order valence-electron chi connectivity index (χ2n) is 6.31. The van der Waals surface area contributed by atoms with Gasteiger partial charge in [0.25, 0.3) is 0 Å². The first-order chi connectivity index (χ1) is 9.00. The minimum atomic E-state index is -0.162. The Kier molecular flexibility index (Phi) is 4.46. The number of nitrogens with zero attached hydrogens (tertiary/aromatic N) is 1. The molecule has 0 radical (unpaired) electrons. The summed E-state index contributed by atoms with van der Waals surface area (Å²) in [6, 6.07) is 7.62. The summed E-state index contributed by atoms with van der Waals surface area (Å²) in [5.74, 6) is -0.162. The monoisotopic (exact) mass is 264 g/mol. The van der Waals surface area contributed by atoms with Crippen molar-refractivity contribution >= 4 is 5.69 Å². The van der Waals surface area contributed by atoms with E-state index in [0.29, 0.717) is 0 Å². The summed E-state index contributed by atoms with van der Waals surface area (Å²) in [6.45, 7) is 9.51. The summed E-state index contributed by atoms with van der Waals surface area (Å²) in [7, 11) is 0. The van der Waals surface area contributed by atoms with Crippen molar-refractivity contribution in [1.29, 1.82) is 0 Å². The third-order valence-corrected chi connectivity index (χ3v) is 3.62. The molecule has 1 N–H and O–H groups in total. The van der Waals surface area contributed by atoms with Crippen LogP contribution in [0.1, 0.15) is 33.6 Å². The van der Waals surface area contributed by atoms with E-state index in [1.807, 2.05) is 6.07 Å². The molecule has 1 aromatic carbocycles. The Morgan fingerprint density at radius 2 is 2.11 bits per heavy atom. The molecular formula is C16H25FN2. The van der Waals surface area contributed by atoms with Gasteiger partial charge in [0.05, 0.1) is 0 Å². The minimum absolute atomic E-state index is 0.162. The van der Waals surface area contributed by atoms with Gasteiger partial charge in [0.2, 0.25) is 0 Å². The lowest BCUT2D eigenvalue weighted by Crippen LogP contribution is -2.41. The number of hydrogen-bond acceptors (Lipinski definition) is 2. The molecule has 106 valence electrons. The van der Waals surface area contributed by atoms with Gasteiger partial charge in [0.15, 0.2) is 0 Å². The highest BCUT2D eigenvalue weighted by molar-refractivity contribution is 5.46. The fourth-order valence-corrected chi connectivity index (χ4v) is 2.34. The van der Waals surface area contributed by atoms with Crippen molar-refractivity contribution in [3.63, 3.8) is 0 Å². The van der Waals surface area contributed by atoms with Crippen LogP contribution in [0.15, 0.2) is 24.3 Å². The predicted molar refractivity (Wildman–Crippen MR) is 79.1 cm³/mol. The molecular weight excluding hydrogens is 239 g/mol. The Morgan fingerprint density at radius 1 is 1.37 bits per heavy atom. The quantitative estimate of drug-likeness (QED) is 0.811. The lowest BCUT2D eigenvalue weighted by molar-refractivity contribution is 0.341. The minimum Gasteiger partial charge on any atom is -0.371 e. The molecule has 3 heteroatoms. The van der Waals surface area contributed by atoms with E-state index in [1.54, 1.807) is 12.1 Å². The third kappa shape index (κ3) is 4.50. The molecule has 0 saturated heterocycles. The maximum absolute atomic E-state index is 13.3. The van der Waals surface area contributed by atoms with E-state index in [0.717, 1.165) is 31.4 Å². The smallest absolute Gasteiger partial charge is 0.125 e. The number of halogens is 1. The zero-order valence-corrected chi connectivity index (χ0v) is 12.2. The molecule has 1 fully saturated rings. The molecule has 0 amide bonds.